The summed E-state index contributed by atoms with van der Waals surface area (Å²) >= 11 is 0. The zero-order valence-corrected chi connectivity index (χ0v) is 10.3. The molecular weight excluding hydrogens is 251 g/mol. The van der Waals surface area contributed by atoms with E-state index in [0.29, 0.717) is 0 Å². The van der Waals surface area contributed by atoms with Gasteiger partial charge in [-0.15, -0.1) is 0 Å². The summed E-state index contributed by atoms with van der Waals surface area (Å²) in [7, 11) is -8.71. The molecule has 1 atom stereocenters. The molecule has 0 radical (unpaired) electrons. The molecule has 0 amide bonds. The third-order valence-electron chi connectivity index (χ3n) is 0.440. The second-order valence-corrected chi connectivity index (χ2v) is 4.16. The van der Waals surface area contributed by atoms with Gasteiger partial charge >= 0.3 is 15.6 Å². The monoisotopic (exact) mass is 256 g/mol. The number of rotatable bonds is 3. The predicted octanol–water partition coefficient (Wildman–Crippen LogP) is -0.160. The maximum absolute atomic E-state index is 10.2. The van der Waals surface area contributed by atoms with Crippen LogP contribution in [0.25, 0.3) is 0 Å². The molecule has 0 aliphatic rings. The third kappa shape index (κ3) is 8.79. The van der Waals surface area contributed by atoms with Gasteiger partial charge in [0.2, 0.25) is 0 Å². The number of phosphoric ester groups is 1. The average Bonchev–Trinajstić information content (AvgIpc) is 1.60. The van der Waals surface area contributed by atoms with Gasteiger partial charge in [0.25, 0.3) is 0 Å². The van der Waals surface area contributed by atoms with Crippen LogP contribution >= 0.6 is 15.6 Å². The Morgan fingerprint density at radius 1 is 1.18 bits per heavy atom. The second kappa shape index (κ2) is 4.80. The minimum atomic E-state index is -4.94. The summed E-state index contributed by atoms with van der Waals surface area (Å²) in [6, 6.07) is 0. The summed E-state index contributed by atoms with van der Waals surface area (Å²) in [5.74, 6) is 0. The Morgan fingerprint density at radius 3 is 1.64 bits per heavy atom. The Balaban J connectivity index is 0. The van der Waals surface area contributed by atoms with Crippen molar-refractivity contribution >= 4 is 15.6 Å². The zero-order chi connectivity index (χ0) is 8.41. The minimum Gasteiger partial charge on any atom is -0.302 e. The first kappa shape index (κ1) is 14.4. The Hall–Kier alpha value is 0.883. The van der Waals surface area contributed by atoms with Gasteiger partial charge in [-0.1, -0.05) is 0 Å². The second-order valence-electron chi connectivity index (χ2n) is 1.22. The van der Waals surface area contributed by atoms with Crippen molar-refractivity contribution in [3.8, 4) is 0 Å². The van der Waals surface area contributed by atoms with E-state index in [4.69, 9.17) is 14.7 Å². The summed E-state index contributed by atoms with van der Waals surface area (Å²) < 4.78 is 27.1. The van der Waals surface area contributed by atoms with Crippen molar-refractivity contribution in [2.45, 2.75) is 0 Å². The molecular formula is CH6O7P2Zn. The van der Waals surface area contributed by atoms with Crippen LogP contribution in [0, 0.1) is 0 Å². The zero-order valence-electron chi connectivity index (χ0n) is 5.58. The van der Waals surface area contributed by atoms with Crippen molar-refractivity contribution in [2.24, 2.45) is 0 Å². The van der Waals surface area contributed by atoms with Crippen molar-refractivity contribution in [3.05, 3.63) is 0 Å². The number of hydrogen-bond acceptors (Lipinski definition) is 4. The molecule has 0 saturated carbocycles. The predicted molar refractivity (Wildman–Crippen MR) is 30.0 cm³/mol. The van der Waals surface area contributed by atoms with Gasteiger partial charge in [-0.3, -0.25) is 4.52 Å². The van der Waals surface area contributed by atoms with Gasteiger partial charge in [0.15, 0.2) is 0 Å². The molecule has 0 aliphatic carbocycles. The topological polar surface area (TPSA) is 113 Å². The van der Waals surface area contributed by atoms with Crippen molar-refractivity contribution in [3.63, 3.8) is 0 Å². The van der Waals surface area contributed by atoms with E-state index in [1.165, 1.54) is 0 Å². The molecule has 10 heteroatoms. The number of hydrogen-bond donors (Lipinski definition) is 3. The van der Waals surface area contributed by atoms with Crippen LogP contribution in [0.3, 0.4) is 0 Å². The van der Waals surface area contributed by atoms with Gasteiger partial charge in [-0.2, -0.15) is 4.31 Å². The Labute approximate surface area is 75.3 Å². The van der Waals surface area contributed by atoms with E-state index in [1.54, 1.807) is 0 Å². The first-order valence-corrected chi connectivity index (χ1v) is 4.95. The SMILES string of the molecule is COP(=O)(O)OP(=O)(O)O.[Zn]. The Bertz CT molecular complexity index is 195. The van der Waals surface area contributed by atoms with Gasteiger partial charge in [0.05, 0.1) is 0 Å². The van der Waals surface area contributed by atoms with E-state index >= 15 is 0 Å². The fraction of sp³-hybridized carbons (Fsp3) is 1.00. The molecule has 0 aromatic carbocycles. The first-order valence-electron chi connectivity index (χ1n) is 1.92. The van der Waals surface area contributed by atoms with Crippen molar-refractivity contribution in [1.29, 1.82) is 0 Å². The van der Waals surface area contributed by atoms with E-state index in [1.807, 2.05) is 0 Å². The maximum atomic E-state index is 10.2. The van der Waals surface area contributed by atoms with Gasteiger partial charge in [0.1, 0.15) is 0 Å². The summed E-state index contributed by atoms with van der Waals surface area (Å²) in [5, 5.41) is 0. The van der Waals surface area contributed by atoms with E-state index in [9.17, 15) is 9.13 Å². The van der Waals surface area contributed by atoms with Crippen molar-refractivity contribution in [2.75, 3.05) is 7.11 Å². The van der Waals surface area contributed by atoms with Gasteiger partial charge in [-0.05, 0) is 0 Å². The van der Waals surface area contributed by atoms with Crippen LogP contribution < -0.4 is 0 Å². The van der Waals surface area contributed by atoms with Crippen LogP contribution in [0.4, 0.5) is 0 Å². The summed E-state index contributed by atoms with van der Waals surface area (Å²) in [4.78, 5) is 24.2. The molecule has 0 aromatic rings. The largest absolute Gasteiger partial charge is 0.480 e. The van der Waals surface area contributed by atoms with Gasteiger partial charge < -0.3 is 14.7 Å². The van der Waals surface area contributed by atoms with E-state index in [0.717, 1.165) is 7.11 Å². The van der Waals surface area contributed by atoms with E-state index in [2.05, 4.69) is 8.83 Å². The van der Waals surface area contributed by atoms with Gasteiger partial charge in [0, 0.05) is 26.6 Å². The Kier molecular flexibility index (Phi) is 6.29. The first-order chi connectivity index (χ1) is 4.27. The summed E-state index contributed by atoms with van der Waals surface area (Å²) in [6.07, 6.45) is 0. The summed E-state index contributed by atoms with van der Waals surface area (Å²) in [5.41, 5.74) is 0. The molecule has 11 heavy (non-hydrogen) atoms. The minimum absolute atomic E-state index is 0. The van der Waals surface area contributed by atoms with Crippen LogP contribution in [-0.2, 0) is 37.4 Å². The van der Waals surface area contributed by atoms with Gasteiger partial charge in [-0.25, -0.2) is 9.13 Å². The fourth-order valence-electron chi connectivity index (χ4n) is 0.168. The van der Waals surface area contributed by atoms with Crippen LogP contribution in [0.5, 0.6) is 0 Å². The molecule has 1 unspecified atom stereocenters. The van der Waals surface area contributed by atoms with Crippen LogP contribution in [0.1, 0.15) is 0 Å². The van der Waals surface area contributed by atoms with Crippen molar-refractivity contribution in [1.82, 2.24) is 0 Å². The average molecular weight is 257 g/mol. The molecule has 64 valence electrons. The molecule has 7 nitrogen and oxygen atoms in total. The Morgan fingerprint density at radius 2 is 1.55 bits per heavy atom. The van der Waals surface area contributed by atoms with E-state index in [-0.39, 0.29) is 19.5 Å². The summed E-state index contributed by atoms with van der Waals surface area (Å²) in [6.45, 7) is 0. The van der Waals surface area contributed by atoms with Crippen LogP contribution in [0.15, 0.2) is 0 Å². The molecule has 0 saturated heterocycles. The van der Waals surface area contributed by atoms with E-state index < -0.39 is 15.6 Å². The normalized spacial score (nSPS) is 16.7. The molecule has 3 N–H and O–H groups in total. The van der Waals surface area contributed by atoms with Crippen LogP contribution in [-0.4, -0.2) is 21.8 Å². The maximum Gasteiger partial charge on any atom is 0.480 e. The standard InChI is InChI=1S/CH6O7P2.Zn/c1-7-10(5,6)8-9(2,3)4;/h1H3,(H,5,6)(H2,2,3,4);. The fourth-order valence-corrected chi connectivity index (χ4v) is 1.51. The van der Waals surface area contributed by atoms with Crippen molar-refractivity contribution < 1.29 is 52.1 Å². The quantitative estimate of drug-likeness (QED) is 0.475. The molecule has 0 spiro atoms. The van der Waals surface area contributed by atoms with Crippen LogP contribution in [0.2, 0.25) is 0 Å². The smallest absolute Gasteiger partial charge is 0.302 e. The molecule has 0 aromatic heterocycles. The molecule has 0 fully saturated rings. The third-order valence-corrected chi connectivity index (χ3v) is 2.58. The molecule has 0 bridgehead atoms. The molecule has 0 aliphatic heterocycles. The molecule has 0 rings (SSSR count). The number of phosphoric acid groups is 2. The molecule has 0 heterocycles.